The Hall–Kier alpha value is -0.220. The van der Waals surface area contributed by atoms with Crippen LogP contribution < -0.4 is 10.6 Å². The van der Waals surface area contributed by atoms with Gasteiger partial charge in [0.25, 0.3) is 0 Å². The van der Waals surface area contributed by atoms with Crippen LogP contribution in [0.4, 0.5) is 0 Å². The second kappa shape index (κ2) is 8.81. The fraction of sp³-hybridized carbons (Fsp3) is 0.923. The summed E-state index contributed by atoms with van der Waals surface area (Å²) in [6.07, 6.45) is 9.37. The van der Waals surface area contributed by atoms with Crippen molar-refractivity contribution >= 4 is 17.7 Å². The van der Waals surface area contributed by atoms with E-state index in [0.717, 1.165) is 25.0 Å². The highest BCUT2D eigenvalue weighted by Gasteiger charge is 2.16. The summed E-state index contributed by atoms with van der Waals surface area (Å²) in [7, 11) is 0. The lowest BCUT2D eigenvalue weighted by molar-refractivity contribution is -0.121. The summed E-state index contributed by atoms with van der Waals surface area (Å²) in [5, 5.41) is 6.46. The van der Waals surface area contributed by atoms with E-state index in [1.54, 1.807) is 0 Å². The van der Waals surface area contributed by atoms with Gasteiger partial charge in [0.1, 0.15) is 0 Å². The lowest BCUT2D eigenvalue weighted by Crippen LogP contribution is -2.44. The van der Waals surface area contributed by atoms with Crippen molar-refractivity contribution in [1.82, 2.24) is 10.6 Å². The van der Waals surface area contributed by atoms with Gasteiger partial charge >= 0.3 is 0 Å². The smallest absolute Gasteiger partial charge is 0.234 e. The number of hydrogen-bond donors (Lipinski definition) is 2. The van der Waals surface area contributed by atoms with Gasteiger partial charge in [0.2, 0.25) is 5.91 Å². The van der Waals surface area contributed by atoms with Gasteiger partial charge in [-0.2, -0.15) is 11.8 Å². The van der Waals surface area contributed by atoms with Crippen molar-refractivity contribution in [3.63, 3.8) is 0 Å². The summed E-state index contributed by atoms with van der Waals surface area (Å²) >= 11 is 1.83. The van der Waals surface area contributed by atoms with Crippen molar-refractivity contribution in [3.05, 3.63) is 0 Å². The SMILES string of the molecule is CCC(CSC)NCC(=O)NC1CCCCC1. The lowest BCUT2D eigenvalue weighted by Gasteiger charge is -2.23. The maximum absolute atomic E-state index is 11.8. The molecule has 1 atom stereocenters. The number of thioether (sulfide) groups is 1. The van der Waals surface area contributed by atoms with Crippen molar-refractivity contribution in [2.24, 2.45) is 0 Å². The van der Waals surface area contributed by atoms with Gasteiger partial charge in [-0.15, -0.1) is 0 Å². The molecule has 1 unspecified atom stereocenters. The third-order valence-electron chi connectivity index (χ3n) is 3.38. The van der Waals surface area contributed by atoms with E-state index in [1.165, 1.54) is 19.3 Å². The first-order valence-corrected chi connectivity index (χ1v) is 8.17. The molecule has 1 aliphatic rings. The highest BCUT2D eigenvalue weighted by atomic mass is 32.2. The highest BCUT2D eigenvalue weighted by Crippen LogP contribution is 2.17. The monoisotopic (exact) mass is 258 g/mol. The summed E-state index contributed by atoms with van der Waals surface area (Å²) in [5.74, 6) is 1.24. The minimum Gasteiger partial charge on any atom is -0.352 e. The first-order chi connectivity index (χ1) is 8.26. The van der Waals surface area contributed by atoms with Crippen LogP contribution in [0.2, 0.25) is 0 Å². The third-order valence-corrected chi connectivity index (χ3v) is 4.12. The summed E-state index contributed by atoms with van der Waals surface area (Å²) in [6, 6.07) is 0.890. The van der Waals surface area contributed by atoms with Crippen LogP contribution in [0.25, 0.3) is 0 Å². The van der Waals surface area contributed by atoms with Gasteiger partial charge in [-0.05, 0) is 25.5 Å². The molecule has 1 amide bonds. The lowest BCUT2D eigenvalue weighted by atomic mass is 9.95. The zero-order chi connectivity index (χ0) is 12.5. The first kappa shape index (κ1) is 14.8. The molecule has 4 heteroatoms. The molecule has 1 saturated carbocycles. The van der Waals surface area contributed by atoms with Crippen molar-refractivity contribution in [2.75, 3.05) is 18.6 Å². The predicted molar refractivity (Wildman–Crippen MR) is 75.5 cm³/mol. The molecule has 0 aromatic rings. The molecule has 2 N–H and O–H groups in total. The summed E-state index contributed by atoms with van der Waals surface area (Å²) < 4.78 is 0. The topological polar surface area (TPSA) is 41.1 Å². The molecule has 0 aromatic carbocycles. The van der Waals surface area contributed by atoms with Crippen LogP contribution in [0.3, 0.4) is 0 Å². The van der Waals surface area contributed by atoms with Crippen LogP contribution in [0.1, 0.15) is 45.4 Å². The molecule has 1 rings (SSSR count). The quantitative estimate of drug-likeness (QED) is 0.735. The zero-order valence-corrected chi connectivity index (χ0v) is 11.9. The van der Waals surface area contributed by atoms with Crippen molar-refractivity contribution < 1.29 is 4.79 Å². The molecule has 3 nitrogen and oxygen atoms in total. The second-order valence-electron chi connectivity index (χ2n) is 4.84. The summed E-state index contributed by atoms with van der Waals surface area (Å²) in [6.45, 7) is 2.63. The molecule has 0 saturated heterocycles. The van der Waals surface area contributed by atoms with Gasteiger partial charge in [-0.3, -0.25) is 4.79 Å². The molecular formula is C13H26N2OS. The average Bonchev–Trinajstić information content (AvgIpc) is 2.35. The molecule has 1 aliphatic carbocycles. The molecule has 0 heterocycles. The van der Waals surface area contributed by atoms with E-state index in [-0.39, 0.29) is 5.91 Å². The Bertz CT molecular complexity index is 217. The number of hydrogen-bond acceptors (Lipinski definition) is 3. The van der Waals surface area contributed by atoms with Crippen LogP contribution in [0.5, 0.6) is 0 Å². The van der Waals surface area contributed by atoms with E-state index >= 15 is 0 Å². The fourth-order valence-corrected chi connectivity index (χ4v) is 3.04. The number of carbonyl (C=O) groups is 1. The van der Waals surface area contributed by atoms with E-state index in [1.807, 2.05) is 11.8 Å². The molecule has 1 fully saturated rings. The van der Waals surface area contributed by atoms with Gasteiger partial charge < -0.3 is 10.6 Å². The van der Waals surface area contributed by atoms with Crippen molar-refractivity contribution in [1.29, 1.82) is 0 Å². The van der Waals surface area contributed by atoms with Crippen LogP contribution in [-0.4, -0.2) is 36.5 Å². The predicted octanol–water partition coefficient (Wildman–Crippen LogP) is 2.17. The minimum atomic E-state index is 0.163. The molecular weight excluding hydrogens is 232 g/mol. The Morgan fingerprint density at radius 2 is 2.06 bits per heavy atom. The Balaban J connectivity index is 2.14. The molecule has 0 bridgehead atoms. The molecule has 0 aliphatic heterocycles. The number of rotatable bonds is 7. The van der Waals surface area contributed by atoms with Crippen LogP contribution >= 0.6 is 11.8 Å². The largest absolute Gasteiger partial charge is 0.352 e. The highest BCUT2D eigenvalue weighted by molar-refractivity contribution is 7.98. The van der Waals surface area contributed by atoms with Crippen LogP contribution in [0.15, 0.2) is 0 Å². The Labute approximate surface area is 109 Å². The Kier molecular flexibility index (Phi) is 7.69. The molecule has 100 valence electrons. The van der Waals surface area contributed by atoms with E-state index in [0.29, 0.717) is 18.6 Å². The molecule has 0 aromatic heterocycles. The van der Waals surface area contributed by atoms with Gasteiger partial charge in [0, 0.05) is 17.8 Å². The van der Waals surface area contributed by atoms with Crippen molar-refractivity contribution in [2.45, 2.75) is 57.5 Å². The molecule has 0 spiro atoms. The van der Waals surface area contributed by atoms with Crippen molar-refractivity contribution in [3.8, 4) is 0 Å². The van der Waals surface area contributed by atoms with E-state index in [9.17, 15) is 4.79 Å². The number of carbonyl (C=O) groups excluding carboxylic acids is 1. The summed E-state index contributed by atoms with van der Waals surface area (Å²) in [5.41, 5.74) is 0. The average molecular weight is 258 g/mol. The van der Waals surface area contributed by atoms with Gasteiger partial charge in [0.15, 0.2) is 0 Å². The van der Waals surface area contributed by atoms with E-state index in [4.69, 9.17) is 0 Å². The second-order valence-corrected chi connectivity index (χ2v) is 5.75. The number of nitrogens with one attached hydrogen (secondary N) is 2. The first-order valence-electron chi connectivity index (χ1n) is 6.78. The van der Waals surface area contributed by atoms with Crippen LogP contribution in [0, 0.1) is 0 Å². The normalized spacial score (nSPS) is 18.9. The van der Waals surface area contributed by atoms with Crippen LogP contribution in [-0.2, 0) is 4.79 Å². The van der Waals surface area contributed by atoms with E-state index in [2.05, 4.69) is 23.8 Å². The van der Waals surface area contributed by atoms with Gasteiger partial charge in [-0.1, -0.05) is 26.2 Å². The summed E-state index contributed by atoms with van der Waals surface area (Å²) in [4.78, 5) is 11.8. The minimum absolute atomic E-state index is 0.163. The molecule has 0 radical (unpaired) electrons. The fourth-order valence-electron chi connectivity index (χ4n) is 2.28. The molecule has 17 heavy (non-hydrogen) atoms. The van der Waals surface area contributed by atoms with Gasteiger partial charge in [0.05, 0.1) is 6.54 Å². The Morgan fingerprint density at radius 1 is 1.35 bits per heavy atom. The third kappa shape index (κ3) is 6.32. The van der Waals surface area contributed by atoms with Gasteiger partial charge in [-0.25, -0.2) is 0 Å². The maximum atomic E-state index is 11.8. The maximum Gasteiger partial charge on any atom is 0.234 e. The standard InChI is InChI=1S/C13H26N2OS/c1-3-11(10-17-2)14-9-13(16)15-12-7-5-4-6-8-12/h11-12,14H,3-10H2,1-2H3,(H,15,16). The number of amides is 1. The Morgan fingerprint density at radius 3 is 2.65 bits per heavy atom. The van der Waals surface area contributed by atoms with E-state index < -0.39 is 0 Å². The zero-order valence-electron chi connectivity index (χ0n) is 11.1.